The number of thiol groups is 1. The van der Waals surface area contributed by atoms with Gasteiger partial charge in [-0.1, -0.05) is 31.2 Å². The summed E-state index contributed by atoms with van der Waals surface area (Å²) >= 11 is 8.88. The SMILES string of the molecule is CC(CCCOc1ccc(-c2ccc(S)cc2)c(F)c1)CCCOc1ccc(-c2ccc(N=C=S)cc2)c(F)c1. The van der Waals surface area contributed by atoms with E-state index in [4.69, 9.17) is 9.47 Å². The third kappa shape index (κ3) is 8.49. The van der Waals surface area contributed by atoms with Gasteiger partial charge in [0.25, 0.3) is 0 Å². The summed E-state index contributed by atoms with van der Waals surface area (Å²) in [5.74, 6) is 0.897. The Bertz CT molecular complexity index is 1450. The zero-order valence-electron chi connectivity index (χ0n) is 22.3. The average molecular weight is 576 g/mol. The van der Waals surface area contributed by atoms with Crippen molar-refractivity contribution in [2.75, 3.05) is 13.2 Å². The summed E-state index contributed by atoms with van der Waals surface area (Å²) in [7, 11) is 0. The smallest absolute Gasteiger partial charge is 0.134 e. The Hall–Kier alpha value is -3.51. The van der Waals surface area contributed by atoms with Gasteiger partial charge in [-0.3, -0.25) is 0 Å². The maximum atomic E-state index is 14.7. The van der Waals surface area contributed by atoms with Crippen molar-refractivity contribution in [2.45, 2.75) is 37.5 Å². The number of benzene rings is 4. The van der Waals surface area contributed by atoms with Crippen molar-refractivity contribution < 1.29 is 18.3 Å². The molecule has 0 aromatic heterocycles. The van der Waals surface area contributed by atoms with Gasteiger partial charge < -0.3 is 9.47 Å². The Labute approximate surface area is 245 Å². The van der Waals surface area contributed by atoms with Crippen LogP contribution in [-0.2, 0) is 0 Å². The average Bonchev–Trinajstić information content (AvgIpc) is 2.95. The predicted octanol–water partition coefficient (Wildman–Crippen LogP) is 9.98. The number of hydrogen-bond donors (Lipinski definition) is 1. The largest absolute Gasteiger partial charge is 0.493 e. The minimum Gasteiger partial charge on any atom is -0.493 e. The molecule has 4 aromatic rings. The van der Waals surface area contributed by atoms with Crippen molar-refractivity contribution >= 4 is 35.7 Å². The number of isothiocyanates is 1. The molecule has 0 aliphatic rings. The summed E-state index contributed by atoms with van der Waals surface area (Å²) in [6, 6.07) is 24.5. The molecule has 40 heavy (non-hydrogen) atoms. The van der Waals surface area contributed by atoms with Crippen molar-refractivity contribution in [3.63, 3.8) is 0 Å². The van der Waals surface area contributed by atoms with Gasteiger partial charge in [0.15, 0.2) is 0 Å². The summed E-state index contributed by atoms with van der Waals surface area (Å²) in [5.41, 5.74) is 3.29. The van der Waals surface area contributed by atoms with Crippen LogP contribution in [0.1, 0.15) is 32.6 Å². The predicted molar refractivity (Wildman–Crippen MR) is 164 cm³/mol. The first-order valence-electron chi connectivity index (χ1n) is 13.3. The van der Waals surface area contributed by atoms with Crippen LogP contribution in [0.25, 0.3) is 22.3 Å². The number of rotatable bonds is 13. The fraction of sp³-hybridized carbons (Fsp3) is 0.242. The lowest BCUT2D eigenvalue weighted by molar-refractivity contribution is 0.273. The van der Waals surface area contributed by atoms with Crippen molar-refractivity contribution in [1.29, 1.82) is 0 Å². The molecule has 4 rings (SSSR count). The van der Waals surface area contributed by atoms with E-state index in [2.05, 4.69) is 41.9 Å². The number of ether oxygens (including phenoxy) is 2. The zero-order chi connectivity index (χ0) is 28.3. The van der Waals surface area contributed by atoms with Crippen LogP contribution in [0.2, 0.25) is 0 Å². The second-order valence-electron chi connectivity index (χ2n) is 9.67. The van der Waals surface area contributed by atoms with E-state index in [1.54, 1.807) is 48.5 Å². The molecule has 3 nitrogen and oxygen atoms in total. The van der Waals surface area contributed by atoms with Gasteiger partial charge in [0, 0.05) is 28.2 Å². The van der Waals surface area contributed by atoms with Gasteiger partial charge in [-0.15, -0.1) is 12.6 Å². The second kappa shape index (κ2) is 14.8. The van der Waals surface area contributed by atoms with E-state index in [-0.39, 0.29) is 11.6 Å². The highest BCUT2D eigenvalue weighted by Gasteiger charge is 2.09. The zero-order valence-corrected chi connectivity index (χ0v) is 24.0. The van der Waals surface area contributed by atoms with Crippen LogP contribution in [0, 0.1) is 17.6 Å². The van der Waals surface area contributed by atoms with Crippen LogP contribution in [0.15, 0.2) is 94.8 Å². The summed E-state index contributed by atoms with van der Waals surface area (Å²) in [4.78, 5) is 4.75. The molecule has 0 aliphatic carbocycles. The summed E-state index contributed by atoms with van der Waals surface area (Å²) in [5, 5.41) is 2.32. The quantitative estimate of drug-likeness (QED) is 0.0745. The number of hydrogen-bond acceptors (Lipinski definition) is 5. The lowest BCUT2D eigenvalue weighted by Crippen LogP contribution is -2.05. The van der Waals surface area contributed by atoms with Gasteiger partial charge in [-0.2, -0.15) is 4.99 Å². The summed E-state index contributed by atoms with van der Waals surface area (Å²) in [6.45, 7) is 3.25. The van der Waals surface area contributed by atoms with Crippen LogP contribution in [0.4, 0.5) is 14.5 Å². The molecule has 0 heterocycles. The van der Waals surface area contributed by atoms with Gasteiger partial charge >= 0.3 is 0 Å². The Morgan fingerprint density at radius 3 is 1.68 bits per heavy atom. The number of halogens is 2. The van der Waals surface area contributed by atoms with Gasteiger partial charge in [-0.05, 0) is 103 Å². The highest BCUT2D eigenvalue weighted by Crippen LogP contribution is 2.29. The van der Waals surface area contributed by atoms with E-state index in [1.165, 1.54) is 12.1 Å². The Kier molecular flexibility index (Phi) is 10.9. The molecular formula is C33H31F2NO2S2. The van der Waals surface area contributed by atoms with Gasteiger partial charge in [0.05, 0.1) is 24.1 Å². The van der Waals surface area contributed by atoms with E-state index in [1.807, 2.05) is 24.3 Å². The molecule has 4 aromatic carbocycles. The molecule has 0 fully saturated rings. The maximum Gasteiger partial charge on any atom is 0.134 e. The monoisotopic (exact) mass is 575 g/mol. The van der Waals surface area contributed by atoms with Gasteiger partial charge in [0.2, 0.25) is 0 Å². The Morgan fingerprint density at radius 1 is 0.750 bits per heavy atom. The lowest BCUT2D eigenvalue weighted by Gasteiger charge is -2.13. The van der Waals surface area contributed by atoms with E-state index in [0.29, 0.717) is 47.4 Å². The van der Waals surface area contributed by atoms with Crippen LogP contribution < -0.4 is 9.47 Å². The summed E-state index contributed by atoms with van der Waals surface area (Å²) < 4.78 is 40.8. The van der Waals surface area contributed by atoms with Crippen LogP contribution in [-0.4, -0.2) is 18.4 Å². The molecule has 1 atom stereocenters. The van der Waals surface area contributed by atoms with Crippen LogP contribution >= 0.6 is 24.8 Å². The molecule has 0 amide bonds. The highest BCUT2D eigenvalue weighted by molar-refractivity contribution is 7.80. The molecule has 0 saturated heterocycles. The summed E-state index contributed by atoms with van der Waals surface area (Å²) in [6.07, 6.45) is 3.73. The molecular weight excluding hydrogens is 544 g/mol. The van der Waals surface area contributed by atoms with E-state index < -0.39 is 0 Å². The molecule has 1 unspecified atom stereocenters. The topological polar surface area (TPSA) is 30.8 Å². The van der Waals surface area contributed by atoms with Crippen LogP contribution in [0.3, 0.4) is 0 Å². The van der Waals surface area contributed by atoms with Crippen molar-refractivity contribution in [3.05, 3.63) is 96.6 Å². The normalized spacial score (nSPS) is 11.5. The molecule has 0 N–H and O–H groups in total. The fourth-order valence-corrected chi connectivity index (χ4v) is 4.69. The Balaban J connectivity index is 1.14. The minimum atomic E-state index is -0.335. The molecule has 0 saturated carbocycles. The molecule has 206 valence electrons. The van der Waals surface area contributed by atoms with Gasteiger partial charge in [0.1, 0.15) is 23.1 Å². The first-order chi connectivity index (χ1) is 19.4. The third-order valence-corrected chi connectivity index (χ3v) is 7.02. The van der Waals surface area contributed by atoms with E-state index in [9.17, 15) is 8.78 Å². The van der Waals surface area contributed by atoms with Crippen LogP contribution in [0.5, 0.6) is 11.5 Å². The molecule has 0 radical (unpaired) electrons. The molecule has 7 heteroatoms. The maximum absolute atomic E-state index is 14.7. The lowest BCUT2D eigenvalue weighted by atomic mass is 10.0. The molecule has 0 spiro atoms. The number of nitrogens with zero attached hydrogens (tertiary/aromatic N) is 1. The number of aliphatic imine (C=N–C) groups is 1. The molecule has 0 aliphatic heterocycles. The number of thiocarbonyl (C=S) groups is 1. The fourth-order valence-electron chi connectivity index (χ4n) is 4.44. The first-order valence-corrected chi connectivity index (χ1v) is 14.1. The third-order valence-electron chi connectivity index (χ3n) is 6.63. The van der Waals surface area contributed by atoms with Crippen molar-refractivity contribution in [2.24, 2.45) is 10.9 Å². The Morgan fingerprint density at radius 2 is 1.23 bits per heavy atom. The van der Waals surface area contributed by atoms with Crippen molar-refractivity contribution in [1.82, 2.24) is 0 Å². The van der Waals surface area contributed by atoms with E-state index >= 15 is 0 Å². The van der Waals surface area contributed by atoms with Gasteiger partial charge in [-0.25, -0.2) is 8.78 Å². The standard InChI is InChI=1S/C33H31F2NO2S2/c1-23(5-3-19-38-28-13-17-31(33(35)21-28)25-8-14-29(40)15-9-25)4-2-18-37-27-12-16-30(32(34)20-27)24-6-10-26(11-7-24)36-22-39/h6-17,20-21,23,40H,2-5,18-19H2,1H3. The molecule has 0 bridgehead atoms. The highest BCUT2D eigenvalue weighted by atomic mass is 32.1. The van der Waals surface area contributed by atoms with Crippen molar-refractivity contribution in [3.8, 4) is 33.8 Å². The first kappa shape index (κ1) is 29.5. The second-order valence-corrected chi connectivity index (χ2v) is 10.4. The van der Waals surface area contributed by atoms with E-state index in [0.717, 1.165) is 41.7 Å². The minimum absolute atomic E-state index is 0.306.